The molecule has 2 aliphatic rings. The first-order valence-electron chi connectivity index (χ1n) is 12.2. The van der Waals surface area contributed by atoms with Gasteiger partial charge in [0.15, 0.2) is 0 Å². The number of fused-ring (bicyclic) bond motifs is 2. The summed E-state index contributed by atoms with van der Waals surface area (Å²) in [6.07, 6.45) is 12.0. The Balaban J connectivity index is 1.30. The van der Waals surface area contributed by atoms with Gasteiger partial charge in [0, 0.05) is 62.1 Å². The Morgan fingerprint density at radius 2 is 1.97 bits per heavy atom. The van der Waals surface area contributed by atoms with Crippen LogP contribution in [0, 0.1) is 17.8 Å². The van der Waals surface area contributed by atoms with Gasteiger partial charge in [-0.1, -0.05) is 12.0 Å². The van der Waals surface area contributed by atoms with Crippen LogP contribution in [-0.2, 0) is 20.5 Å². The smallest absolute Gasteiger partial charge is 0.264 e. The molecular formula is C28H29N7O. The summed E-state index contributed by atoms with van der Waals surface area (Å²) in [5.41, 5.74) is 18.3. The normalized spacial score (nSPS) is 18.5. The number of anilines is 2. The molecule has 1 atom stereocenters. The van der Waals surface area contributed by atoms with E-state index >= 15 is 0 Å². The highest BCUT2D eigenvalue weighted by atomic mass is 16.1. The van der Waals surface area contributed by atoms with Crippen molar-refractivity contribution in [3.05, 3.63) is 69.8 Å². The van der Waals surface area contributed by atoms with E-state index in [1.54, 1.807) is 17.8 Å². The van der Waals surface area contributed by atoms with E-state index in [-0.39, 0.29) is 22.8 Å². The van der Waals surface area contributed by atoms with Crippen molar-refractivity contribution in [2.75, 3.05) is 23.7 Å². The molecule has 1 spiro atoms. The van der Waals surface area contributed by atoms with Crippen molar-refractivity contribution in [1.82, 2.24) is 19.1 Å². The number of terminal acetylenes is 1. The Hall–Kier alpha value is -4.09. The topological polar surface area (TPSA) is 108 Å². The van der Waals surface area contributed by atoms with Gasteiger partial charge in [-0.3, -0.25) is 9.36 Å². The van der Waals surface area contributed by atoms with E-state index in [1.807, 2.05) is 36.0 Å². The summed E-state index contributed by atoms with van der Waals surface area (Å²) in [6.45, 7) is 1.50. The lowest BCUT2D eigenvalue weighted by Gasteiger charge is -2.42. The molecule has 0 amide bonds. The third-order valence-corrected chi connectivity index (χ3v) is 8.19. The van der Waals surface area contributed by atoms with Crippen LogP contribution >= 0.6 is 0 Å². The number of aryl methyl sites for hydroxylation is 1. The molecular weight excluding hydrogens is 450 g/mol. The van der Waals surface area contributed by atoms with Gasteiger partial charge in [0.2, 0.25) is 5.95 Å². The molecule has 4 aromatic rings. The number of piperidine rings is 1. The molecule has 0 radical (unpaired) electrons. The van der Waals surface area contributed by atoms with Crippen LogP contribution in [0.5, 0.6) is 0 Å². The summed E-state index contributed by atoms with van der Waals surface area (Å²) in [6, 6.07) is 9.94. The number of nitrogens with zero attached hydrogens (tertiary/aromatic N) is 5. The minimum Gasteiger partial charge on any atom is -0.383 e. The first-order valence-corrected chi connectivity index (χ1v) is 12.2. The Morgan fingerprint density at radius 3 is 2.72 bits per heavy atom. The first-order chi connectivity index (χ1) is 17.3. The van der Waals surface area contributed by atoms with Crippen molar-refractivity contribution in [2.45, 2.75) is 25.3 Å². The zero-order chi connectivity index (χ0) is 25.2. The summed E-state index contributed by atoms with van der Waals surface area (Å²) in [4.78, 5) is 24.9. The van der Waals surface area contributed by atoms with Gasteiger partial charge in [0.1, 0.15) is 11.5 Å². The molecule has 36 heavy (non-hydrogen) atoms. The van der Waals surface area contributed by atoms with Crippen LogP contribution in [-0.4, -0.2) is 32.2 Å². The lowest BCUT2D eigenvalue weighted by molar-refractivity contribution is 0.186. The third kappa shape index (κ3) is 3.16. The van der Waals surface area contributed by atoms with Crippen molar-refractivity contribution in [3.8, 4) is 23.5 Å². The Labute approximate surface area is 209 Å². The van der Waals surface area contributed by atoms with Crippen LogP contribution in [0.15, 0.2) is 47.5 Å². The molecule has 1 aliphatic carbocycles. The van der Waals surface area contributed by atoms with Gasteiger partial charge in [-0.2, -0.15) is 4.98 Å². The maximum absolute atomic E-state index is 13.6. The number of hydrogen-bond acceptors (Lipinski definition) is 6. The molecule has 0 unspecified atom stereocenters. The molecule has 4 N–H and O–H groups in total. The van der Waals surface area contributed by atoms with Crippen molar-refractivity contribution < 1.29 is 0 Å². The van der Waals surface area contributed by atoms with Crippen LogP contribution in [0.4, 0.5) is 11.8 Å². The van der Waals surface area contributed by atoms with Crippen LogP contribution in [0.25, 0.3) is 22.2 Å². The number of pyridine rings is 1. The zero-order valence-electron chi connectivity index (χ0n) is 20.5. The van der Waals surface area contributed by atoms with E-state index < -0.39 is 0 Å². The highest BCUT2D eigenvalue weighted by Crippen LogP contribution is 2.51. The predicted octanol–water partition coefficient (Wildman–Crippen LogP) is 2.74. The summed E-state index contributed by atoms with van der Waals surface area (Å²) in [5.74, 6) is 3.54. The van der Waals surface area contributed by atoms with Gasteiger partial charge in [0.05, 0.1) is 5.56 Å². The Morgan fingerprint density at radius 1 is 1.19 bits per heavy atom. The number of nitrogen functional groups attached to an aromatic ring is 1. The first kappa shape index (κ1) is 22.4. The SMILES string of the molecule is C#Cc1ccc2c(c1)[C@@H](N)C1(CCN(c3nc(N)c(-c4cn(C)c5ncccc45)c(=O)n3C)CC1)C2. The minimum absolute atomic E-state index is 0.00758. The molecule has 1 aliphatic heterocycles. The number of hydrogen-bond donors (Lipinski definition) is 2. The molecule has 1 fully saturated rings. The van der Waals surface area contributed by atoms with Crippen LogP contribution in [0.2, 0.25) is 0 Å². The molecule has 8 heteroatoms. The monoisotopic (exact) mass is 479 g/mol. The second-order valence-electron chi connectivity index (χ2n) is 10.1. The third-order valence-electron chi connectivity index (χ3n) is 8.19. The van der Waals surface area contributed by atoms with E-state index in [2.05, 4.69) is 27.9 Å². The van der Waals surface area contributed by atoms with Gasteiger partial charge >= 0.3 is 0 Å². The van der Waals surface area contributed by atoms with Crippen molar-refractivity contribution >= 4 is 22.8 Å². The van der Waals surface area contributed by atoms with E-state index in [9.17, 15) is 4.79 Å². The van der Waals surface area contributed by atoms with Gasteiger partial charge < -0.3 is 20.9 Å². The maximum Gasteiger partial charge on any atom is 0.264 e. The van der Waals surface area contributed by atoms with Gasteiger partial charge in [0.25, 0.3) is 5.56 Å². The summed E-state index contributed by atoms with van der Waals surface area (Å²) in [5, 5.41) is 0.876. The maximum atomic E-state index is 13.6. The molecule has 1 saturated heterocycles. The fraction of sp³-hybridized carbons (Fsp3) is 0.321. The van der Waals surface area contributed by atoms with Crippen molar-refractivity contribution in [2.24, 2.45) is 25.2 Å². The molecule has 6 rings (SSSR count). The minimum atomic E-state index is -0.166. The van der Waals surface area contributed by atoms with Crippen LogP contribution < -0.4 is 21.9 Å². The second-order valence-corrected chi connectivity index (χ2v) is 10.1. The molecule has 1 aromatic carbocycles. The van der Waals surface area contributed by atoms with Gasteiger partial charge in [-0.15, -0.1) is 6.42 Å². The number of nitrogens with two attached hydrogens (primary N) is 2. The molecule has 8 nitrogen and oxygen atoms in total. The molecule has 0 saturated carbocycles. The number of benzene rings is 1. The van der Waals surface area contributed by atoms with Crippen molar-refractivity contribution in [1.29, 1.82) is 0 Å². The summed E-state index contributed by atoms with van der Waals surface area (Å²) < 4.78 is 3.51. The molecule has 4 heterocycles. The standard InChI is InChI=1S/C28H29N7O/c1-4-17-7-8-18-15-28(23(29)20(18)14-17)9-12-35(13-10-28)27-32-24(30)22(26(36)34(27)3)21-16-33(2)25-19(21)6-5-11-31-25/h1,5-8,11,14,16,23H,9-10,12-13,15,29-30H2,2-3H3/t23-/m1/s1. The molecule has 0 bridgehead atoms. The molecule has 3 aromatic heterocycles. The van der Waals surface area contributed by atoms with Crippen LogP contribution in [0.3, 0.4) is 0 Å². The lowest BCUT2D eigenvalue weighted by atomic mass is 9.73. The largest absolute Gasteiger partial charge is 0.383 e. The van der Waals surface area contributed by atoms with E-state index in [1.165, 1.54) is 11.1 Å². The number of rotatable bonds is 2. The molecule has 182 valence electrons. The van der Waals surface area contributed by atoms with E-state index in [4.69, 9.17) is 22.9 Å². The lowest BCUT2D eigenvalue weighted by Crippen LogP contribution is -2.46. The van der Waals surface area contributed by atoms with Gasteiger partial charge in [-0.05, 0) is 60.1 Å². The quantitative estimate of drug-likeness (QED) is 0.428. The summed E-state index contributed by atoms with van der Waals surface area (Å²) in [7, 11) is 3.67. The average molecular weight is 480 g/mol. The van der Waals surface area contributed by atoms with Gasteiger partial charge in [-0.25, -0.2) is 4.98 Å². The fourth-order valence-corrected chi connectivity index (χ4v) is 6.15. The van der Waals surface area contributed by atoms with Crippen molar-refractivity contribution in [3.63, 3.8) is 0 Å². The van der Waals surface area contributed by atoms with E-state index in [0.29, 0.717) is 11.5 Å². The Bertz CT molecular complexity index is 1620. The summed E-state index contributed by atoms with van der Waals surface area (Å²) >= 11 is 0. The number of aromatic nitrogens is 4. The Kier molecular flexibility index (Phi) is 4.95. The highest BCUT2D eigenvalue weighted by molar-refractivity contribution is 5.96. The zero-order valence-corrected chi connectivity index (χ0v) is 20.5. The van der Waals surface area contributed by atoms with E-state index in [0.717, 1.165) is 54.5 Å². The second kappa shape index (κ2) is 7.97. The van der Waals surface area contributed by atoms with Crippen LogP contribution in [0.1, 0.15) is 35.6 Å². The predicted molar refractivity (Wildman–Crippen MR) is 142 cm³/mol. The highest BCUT2D eigenvalue weighted by Gasteiger charge is 2.46. The fourth-order valence-electron chi connectivity index (χ4n) is 6.15. The average Bonchev–Trinajstić information content (AvgIpc) is 3.36.